The zero-order valence-electron chi connectivity index (χ0n) is 46.8. The van der Waals surface area contributed by atoms with Crippen molar-refractivity contribution < 1.29 is 0 Å². The van der Waals surface area contributed by atoms with Crippen molar-refractivity contribution in [3.05, 3.63) is 310 Å². The molecule has 8 aromatic carbocycles. The number of fused-ring (bicyclic) bond motifs is 12. The lowest BCUT2D eigenvalue weighted by Gasteiger charge is -2.14. The van der Waals surface area contributed by atoms with E-state index in [9.17, 15) is 0 Å². The van der Waals surface area contributed by atoms with Gasteiger partial charge in [0.05, 0.1) is 39.1 Å². The molecule has 0 atom stereocenters. The highest BCUT2D eigenvalue weighted by molar-refractivity contribution is 6.01. The SMILES string of the molecule is C1=C=Cc2c(c3ccccc3n2-c2ccccc2)C=1.C1=CCc2c(n(-c3ccccc3)c3ccc(-c4cccc(-n5c6c(c7ccccc75)CCC=C6)c4)cc23)C=C1.Cc1cccc(-c2ccc3c(c2)c2c(n3C3=CCCC=C3)C=C=C=C2)c1. The summed E-state index contributed by atoms with van der Waals surface area (Å²) in [5, 5.41) is 5.21. The summed E-state index contributed by atoms with van der Waals surface area (Å²) in [5.74, 6) is 0. The van der Waals surface area contributed by atoms with E-state index in [4.69, 9.17) is 0 Å². The molecule has 0 spiro atoms. The smallest absolute Gasteiger partial charge is 0.0631 e. The third-order valence-electron chi connectivity index (χ3n) is 16.9. The highest BCUT2D eigenvalue weighted by atomic mass is 15.0. The van der Waals surface area contributed by atoms with E-state index < -0.39 is 0 Å². The van der Waals surface area contributed by atoms with Crippen LogP contribution in [0.15, 0.2) is 260 Å². The molecule has 0 unspecified atom stereocenters. The highest BCUT2D eigenvalue weighted by Gasteiger charge is 2.22. The summed E-state index contributed by atoms with van der Waals surface area (Å²) in [6.45, 7) is 2.14. The van der Waals surface area contributed by atoms with Crippen molar-refractivity contribution in [1.29, 1.82) is 0 Å². The van der Waals surface area contributed by atoms with Crippen LogP contribution in [0.25, 0.3) is 125 Å². The van der Waals surface area contributed by atoms with E-state index in [0.717, 1.165) is 32.1 Å². The van der Waals surface area contributed by atoms with Crippen LogP contribution in [0.3, 0.4) is 0 Å². The number of rotatable bonds is 6. The van der Waals surface area contributed by atoms with Crippen molar-refractivity contribution in [3.63, 3.8) is 0 Å². The second kappa shape index (κ2) is 21.6. The molecule has 84 heavy (non-hydrogen) atoms. The lowest BCUT2D eigenvalue weighted by Crippen LogP contribution is -2.00. The third-order valence-corrected chi connectivity index (χ3v) is 16.9. The second-order valence-electron chi connectivity index (χ2n) is 22.0. The van der Waals surface area contributed by atoms with Gasteiger partial charge in [-0.15, -0.1) is 0 Å². The third kappa shape index (κ3) is 8.94. The number of nitrogens with zero attached hydrogens (tertiary/aromatic N) is 4. The molecule has 4 nitrogen and oxygen atoms in total. The zero-order valence-corrected chi connectivity index (χ0v) is 46.8. The average Bonchev–Trinajstić information content (AvgIpc) is 3.29. The minimum Gasteiger partial charge on any atom is -0.310 e. The summed E-state index contributed by atoms with van der Waals surface area (Å²) in [6, 6.07) is 69.9. The van der Waals surface area contributed by atoms with E-state index in [2.05, 4.69) is 297 Å². The lowest BCUT2D eigenvalue weighted by molar-refractivity contribution is 0.968. The van der Waals surface area contributed by atoms with Crippen LogP contribution in [0.1, 0.15) is 69.9 Å². The summed E-state index contributed by atoms with van der Waals surface area (Å²) < 4.78 is 9.47. The van der Waals surface area contributed by atoms with Gasteiger partial charge >= 0.3 is 0 Å². The summed E-state index contributed by atoms with van der Waals surface area (Å²) in [7, 11) is 0. The Bertz CT molecular complexity index is 5020. The standard InChI is InChI=1S/C37H28N2.C25H19N.C18H11N/c1-3-13-28(14-4-1)38-36-19-6-2-5-16-32(36)33-25-27(22-23-37(33)38)26-12-11-15-29(24-26)39-34-20-9-7-17-30(34)31-18-8-10-21-35(31)39;1-18-8-7-9-19(16-18)20-14-15-25-23(17-20)22-12-5-6-13-24(22)26(25)21-10-3-2-4-11-21;1-2-8-14(9-3-1)19-17-12-6-4-10-15(17)16-11-5-7-13-18(16)19/h1-7,9-15,17,19-25H,8,16,18H2;3,7-17H,2,4H2,1H3;1-4,6,8-13H. The van der Waals surface area contributed by atoms with Crippen LogP contribution in [-0.2, 0) is 12.8 Å². The maximum Gasteiger partial charge on any atom is 0.0631 e. The zero-order chi connectivity index (χ0) is 55.9. The Morgan fingerprint density at radius 1 is 0.345 bits per heavy atom. The molecule has 4 heteroatoms. The quantitative estimate of drug-likeness (QED) is 0.148. The molecular formula is C80H58N4. The first-order valence-electron chi connectivity index (χ1n) is 29.2. The van der Waals surface area contributed by atoms with E-state index in [1.165, 1.54) is 139 Å². The van der Waals surface area contributed by atoms with Crippen LogP contribution in [0, 0.1) is 6.92 Å². The Hall–Kier alpha value is -10.8. The van der Waals surface area contributed by atoms with Crippen molar-refractivity contribution in [3.8, 4) is 39.3 Å². The van der Waals surface area contributed by atoms with Crippen molar-refractivity contribution in [1.82, 2.24) is 18.3 Å². The number of para-hydroxylation sites is 4. The first-order valence-corrected chi connectivity index (χ1v) is 29.2. The molecule has 12 aromatic rings. The molecule has 0 saturated heterocycles. The van der Waals surface area contributed by atoms with Crippen LogP contribution in [0.4, 0.5) is 0 Å². The van der Waals surface area contributed by atoms with Crippen molar-refractivity contribution in [2.75, 3.05) is 0 Å². The molecule has 0 saturated carbocycles. The molecule has 398 valence electrons. The first-order chi connectivity index (χ1) is 41.6. The summed E-state index contributed by atoms with van der Waals surface area (Å²) in [5.41, 5.74) is 38.7. The molecule has 0 aliphatic heterocycles. The topological polar surface area (TPSA) is 19.7 Å². The van der Waals surface area contributed by atoms with E-state index >= 15 is 0 Å². The van der Waals surface area contributed by atoms with Crippen LogP contribution < -0.4 is 0 Å². The van der Waals surface area contributed by atoms with Gasteiger partial charge in [0.25, 0.3) is 0 Å². The van der Waals surface area contributed by atoms with Gasteiger partial charge in [0.1, 0.15) is 0 Å². The minimum atomic E-state index is 0.927. The van der Waals surface area contributed by atoms with E-state index in [-0.39, 0.29) is 0 Å². The van der Waals surface area contributed by atoms with Gasteiger partial charge in [0.2, 0.25) is 0 Å². The fraction of sp³-hybridized carbons (Fsp3) is 0.0750. The second-order valence-corrected chi connectivity index (χ2v) is 22.0. The number of benzene rings is 8. The molecule has 0 amide bonds. The van der Waals surface area contributed by atoms with Crippen LogP contribution in [0.2, 0.25) is 0 Å². The summed E-state index contributed by atoms with van der Waals surface area (Å²) in [4.78, 5) is 0. The van der Waals surface area contributed by atoms with E-state index in [1.807, 2.05) is 24.3 Å². The fourth-order valence-corrected chi connectivity index (χ4v) is 13.1. The Kier molecular flexibility index (Phi) is 12.9. The predicted molar refractivity (Wildman–Crippen MR) is 355 cm³/mol. The maximum atomic E-state index is 3.14. The van der Waals surface area contributed by atoms with Crippen LogP contribution in [0.5, 0.6) is 0 Å². The molecule has 5 aliphatic rings. The van der Waals surface area contributed by atoms with Crippen molar-refractivity contribution in [2.24, 2.45) is 0 Å². The Labute approximate surface area is 489 Å². The van der Waals surface area contributed by atoms with Gasteiger partial charge in [-0.05, 0) is 176 Å². The van der Waals surface area contributed by atoms with E-state index in [1.54, 1.807) is 0 Å². The number of allylic oxidation sites excluding steroid dienone is 8. The molecule has 17 rings (SSSR count). The van der Waals surface area contributed by atoms with Crippen molar-refractivity contribution in [2.45, 2.75) is 39.0 Å². The van der Waals surface area contributed by atoms with Crippen LogP contribution in [-0.4, -0.2) is 18.3 Å². The van der Waals surface area contributed by atoms with Gasteiger partial charge in [-0.3, -0.25) is 0 Å². The molecule has 5 aliphatic carbocycles. The molecule has 0 fully saturated rings. The van der Waals surface area contributed by atoms with Gasteiger partial charge in [0.15, 0.2) is 0 Å². The minimum absolute atomic E-state index is 0.927. The Morgan fingerprint density at radius 2 is 0.893 bits per heavy atom. The molecule has 4 aromatic heterocycles. The first kappa shape index (κ1) is 50.2. The normalized spacial score (nSPS) is 13.8. The molecule has 4 heterocycles. The number of hydrogen-bond donors (Lipinski definition) is 0. The number of aryl methyl sites for hydroxylation is 2. The fourth-order valence-electron chi connectivity index (χ4n) is 13.1. The molecule has 0 N–H and O–H groups in total. The van der Waals surface area contributed by atoms with Gasteiger partial charge < -0.3 is 18.3 Å². The Morgan fingerprint density at radius 3 is 1.62 bits per heavy atom. The Balaban J connectivity index is 0.000000115. The molecular weight excluding hydrogens is 1020 g/mol. The highest BCUT2D eigenvalue weighted by Crippen LogP contribution is 2.40. The van der Waals surface area contributed by atoms with Gasteiger partial charge in [-0.2, -0.15) is 0 Å². The predicted octanol–water partition coefficient (Wildman–Crippen LogP) is 20.4. The lowest BCUT2D eigenvalue weighted by atomic mass is 10.00. The number of aromatic nitrogens is 4. The van der Waals surface area contributed by atoms with Gasteiger partial charge in [0, 0.05) is 73.3 Å². The average molecular weight is 1080 g/mol. The van der Waals surface area contributed by atoms with Crippen LogP contribution >= 0.6 is 0 Å². The van der Waals surface area contributed by atoms with E-state index in [0.29, 0.717) is 0 Å². The monoisotopic (exact) mass is 1070 g/mol. The van der Waals surface area contributed by atoms with Gasteiger partial charge in [-0.25, -0.2) is 0 Å². The maximum absolute atomic E-state index is 3.14. The molecule has 0 bridgehead atoms. The summed E-state index contributed by atoms with van der Waals surface area (Å²) >= 11 is 0. The molecule has 0 radical (unpaired) electrons. The number of hydrogen-bond acceptors (Lipinski definition) is 0. The van der Waals surface area contributed by atoms with Crippen molar-refractivity contribution >= 4 is 85.8 Å². The summed E-state index contributed by atoms with van der Waals surface area (Å²) in [6.07, 6.45) is 33.7. The van der Waals surface area contributed by atoms with Gasteiger partial charge in [-0.1, -0.05) is 186 Å². The largest absolute Gasteiger partial charge is 0.310 e.